The van der Waals surface area contributed by atoms with Gasteiger partial charge in [-0.1, -0.05) is 23.8 Å². The second-order valence-electron chi connectivity index (χ2n) is 6.52. The predicted octanol–water partition coefficient (Wildman–Crippen LogP) is 4.05. The van der Waals surface area contributed by atoms with E-state index in [1.54, 1.807) is 0 Å². The fraction of sp³-hybridized carbons (Fsp3) is 0.389. The smallest absolute Gasteiger partial charge is 0.132 e. The van der Waals surface area contributed by atoms with E-state index in [1.165, 1.54) is 11.1 Å². The lowest BCUT2D eigenvalue weighted by atomic mass is 10.1. The molecule has 0 unspecified atom stereocenters. The van der Waals surface area contributed by atoms with Gasteiger partial charge in [-0.2, -0.15) is 0 Å². The molecule has 0 amide bonds. The number of benzene rings is 1. The molecule has 0 saturated carbocycles. The van der Waals surface area contributed by atoms with Crippen molar-refractivity contribution < 1.29 is 0 Å². The molecule has 0 aliphatic rings. The highest BCUT2D eigenvalue weighted by molar-refractivity contribution is 5.59. The first-order valence-electron chi connectivity index (χ1n) is 7.35. The van der Waals surface area contributed by atoms with Gasteiger partial charge in [-0.05, 0) is 51.5 Å². The maximum absolute atomic E-state index is 4.56. The Bertz CT molecular complexity index is 565. The zero-order valence-electron chi connectivity index (χ0n) is 13.6. The molecule has 0 spiro atoms. The van der Waals surface area contributed by atoms with Crippen molar-refractivity contribution in [3.05, 3.63) is 53.7 Å². The van der Waals surface area contributed by atoms with Crippen LogP contribution in [0.4, 0.5) is 11.5 Å². The van der Waals surface area contributed by atoms with Crippen LogP contribution >= 0.6 is 0 Å². The van der Waals surface area contributed by atoms with E-state index in [2.05, 4.69) is 79.3 Å². The van der Waals surface area contributed by atoms with Crippen LogP contribution in [0.1, 0.15) is 31.9 Å². The molecule has 2 rings (SSSR count). The van der Waals surface area contributed by atoms with Crippen molar-refractivity contribution >= 4 is 11.5 Å². The monoisotopic (exact) mass is 283 g/mol. The second kappa shape index (κ2) is 6.27. The fourth-order valence-electron chi connectivity index (χ4n) is 1.99. The van der Waals surface area contributed by atoms with E-state index in [0.29, 0.717) is 0 Å². The Kier molecular flexibility index (Phi) is 4.63. The minimum atomic E-state index is 0.122. The van der Waals surface area contributed by atoms with E-state index in [-0.39, 0.29) is 5.54 Å². The van der Waals surface area contributed by atoms with Crippen molar-refractivity contribution in [2.75, 3.05) is 11.9 Å². The zero-order valence-corrected chi connectivity index (χ0v) is 13.6. The number of anilines is 2. The van der Waals surface area contributed by atoms with E-state index in [0.717, 1.165) is 18.1 Å². The average molecular weight is 283 g/mol. The first-order chi connectivity index (χ1) is 9.85. The maximum Gasteiger partial charge on any atom is 0.132 e. The third-order valence-electron chi connectivity index (χ3n) is 3.40. The Labute approximate surface area is 128 Å². The van der Waals surface area contributed by atoms with E-state index in [9.17, 15) is 0 Å². The molecule has 0 bridgehead atoms. The molecule has 1 aromatic heterocycles. The first-order valence-corrected chi connectivity index (χ1v) is 7.35. The van der Waals surface area contributed by atoms with Gasteiger partial charge < -0.3 is 10.2 Å². The van der Waals surface area contributed by atoms with Crippen LogP contribution in [0.3, 0.4) is 0 Å². The highest BCUT2D eigenvalue weighted by Gasteiger charge is 2.09. The van der Waals surface area contributed by atoms with E-state index in [4.69, 9.17) is 0 Å². The molecule has 0 aliphatic heterocycles. The third kappa shape index (κ3) is 4.57. The molecule has 1 aromatic carbocycles. The molecular weight excluding hydrogens is 258 g/mol. The summed E-state index contributed by atoms with van der Waals surface area (Å²) < 4.78 is 0. The third-order valence-corrected chi connectivity index (χ3v) is 3.40. The first kappa shape index (κ1) is 15.5. The van der Waals surface area contributed by atoms with Crippen LogP contribution in [0.15, 0.2) is 42.6 Å². The Morgan fingerprint density at radius 2 is 1.71 bits per heavy atom. The lowest BCUT2D eigenvalue weighted by molar-refractivity contribution is 0.424. The summed E-state index contributed by atoms with van der Waals surface area (Å²) in [7, 11) is 2.04. The molecule has 3 nitrogen and oxygen atoms in total. The molecule has 0 aliphatic carbocycles. The standard InChI is InChI=1S/C18H25N3/c1-14-6-9-16(10-7-14)21(5)17-11-8-15(12-19-17)13-20-18(2,3)4/h6-12,20H,13H2,1-5H3. The number of hydrogen-bond donors (Lipinski definition) is 1. The van der Waals surface area contributed by atoms with Gasteiger partial charge in [0.05, 0.1) is 0 Å². The van der Waals surface area contributed by atoms with Crippen LogP contribution in [0.5, 0.6) is 0 Å². The summed E-state index contributed by atoms with van der Waals surface area (Å²) >= 11 is 0. The molecule has 0 saturated heterocycles. The number of aryl methyl sites for hydroxylation is 1. The average Bonchev–Trinajstić information content (AvgIpc) is 2.45. The molecule has 0 atom stereocenters. The van der Waals surface area contributed by atoms with Gasteiger partial charge in [-0.15, -0.1) is 0 Å². The molecule has 112 valence electrons. The van der Waals surface area contributed by atoms with Gasteiger partial charge in [-0.3, -0.25) is 0 Å². The normalized spacial score (nSPS) is 11.5. The quantitative estimate of drug-likeness (QED) is 0.917. The van der Waals surface area contributed by atoms with Gasteiger partial charge in [-0.25, -0.2) is 4.98 Å². The number of hydrogen-bond acceptors (Lipinski definition) is 3. The summed E-state index contributed by atoms with van der Waals surface area (Å²) in [6.07, 6.45) is 1.94. The van der Waals surface area contributed by atoms with Gasteiger partial charge in [0.25, 0.3) is 0 Å². The zero-order chi connectivity index (χ0) is 15.5. The summed E-state index contributed by atoms with van der Waals surface area (Å²) in [5.41, 5.74) is 3.74. The van der Waals surface area contributed by atoms with Crippen LogP contribution in [-0.2, 0) is 6.54 Å². The fourth-order valence-corrected chi connectivity index (χ4v) is 1.99. The van der Waals surface area contributed by atoms with Crippen LogP contribution in [0.2, 0.25) is 0 Å². The van der Waals surface area contributed by atoms with Crippen molar-refractivity contribution in [1.82, 2.24) is 10.3 Å². The summed E-state index contributed by atoms with van der Waals surface area (Å²) in [5, 5.41) is 3.47. The summed E-state index contributed by atoms with van der Waals surface area (Å²) in [5.74, 6) is 0.957. The molecule has 3 heteroatoms. The van der Waals surface area contributed by atoms with Crippen molar-refractivity contribution in [1.29, 1.82) is 0 Å². The number of rotatable bonds is 4. The van der Waals surface area contributed by atoms with Crippen LogP contribution in [0, 0.1) is 6.92 Å². The van der Waals surface area contributed by atoms with Crippen molar-refractivity contribution in [3.63, 3.8) is 0 Å². The van der Waals surface area contributed by atoms with Gasteiger partial charge in [0.1, 0.15) is 5.82 Å². The largest absolute Gasteiger partial charge is 0.329 e. The van der Waals surface area contributed by atoms with Crippen LogP contribution < -0.4 is 10.2 Å². The molecule has 1 heterocycles. The Hall–Kier alpha value is -1.87. The maximum atomic E-state index is 4.56. The van der Waals surface area contributed by atoms with E-state index in [1.807, 2.05) is 13.2 Å². The lowest BCUT2D eigenvalue weighted by Crippen LogP contribution is -2.35. The molecule has 0 fully saturated rings. The van der Waals surface area contributed by atoms with Crippen molar-refractivity contribution in [2.45, 2.75) is 39.8 Å². The molecular formula is C18H25N3. The Balaban J connectivity index is 2.06. The molecule has 21 heavy (non-hydrogen) atoms. The topological polar surface area (TPSA) is 28.2 Å². The van der Waals surface area contributed by atoms with Crippen molar-refractivity contribution in [2.24, 2.45) is 0 Å². The SMILES string of the molecule is Cc1ccc(N(C)c2ccc(CNC(C)(C)C)cn2)cc1. The molecule has 2 aromatic rings. The predicted molar refractivity (Wildman–Crippen MR) is 90.1 cm³/mol. The number of nitrogens with zero attached hydrogens (tertiary/aromatic N) is 2. The van der Waals surface area contributed by atoms with Crippen LogP contribution in [-0.4, -0.2) is 17.6 Å². The lowest BCUT2D eigenvalue weighted by Gasteiger charge is -2.21. The Morgan fingerprint density at radius 3 is 2.24 bits per heavy atom. The summed E-state index contributed by atoms with van der Waals surface area (Å²) in [4.78, 5) is 6.66. The van der Waals surface area contributed by atoms with Gasteiger partial charge in [0.15, 0.2) is 0 Å². The van der Waals surface area contributed by atoms with Crippen molar-refractivity contribution in [3.8, 4) is 0 Å². The van der Waals surface area contributed by atoms with Gasteiger partial charge in [0.2, 0.25) is 0 Å². The second-order valence-corrected chi connectivity index (χ2v) is 6.52. The van der Waals surface area contributed by atoms with E-state index < -0.39 is 0 Å². The number of nitrogens with one attached hydrogen (secondary N) is 1. The summed E-state index contributed by atoms with van der Waals surface area (Å²) in [6.45, 7) is 9.43. The molecule has 0 radical (unpaired) electrons. The van der Waals surface area contributed by atoms with Gasteiger partial charge in [0, 0.05) is 31.0 Å². The summed E-state index contributed by atoms with van der Waals surface area (Å²) in [6, 6.07) is 12.7. The number of aromatic nitrogens is 1. The number of pyridine rings is 1. The van der Waals surface area contributed by atoms with E-state index >= 15 is 0 Å². The van der Waals surface area contributed by atoms with Gasteiger partial charge >= 0.3 is 0 Å². The Morgan fingerprint density at radius 1 is 1.05 bits per heavy atom. The van der Waals surface area contributed by atoms with Crippen LogP contribution in [0.25, 0.3) is 0 Å². The highest BCUT2D eigenvalue weighted by Crippen LogP contribution is 2.21. The minimum Gasteiger partial charge on any atom is -0.329 e. The molecule has 1 N–H and O–H groups in total. The minimum absolute atomic E-state index is 0.122. The highest BCUT2D eigenvalue weighted by atomic mass is 15.2.